The molecule has 0 amide bonds. The fourth-order valence-corrected chi connectivity index (χ4v) is 1.04. The molecule has 0 radical (unpaired) electrons. The van der Waals surface area contributed by atoms with Crippen LogP contribution < -0.4 is 11.5 Å². The van der Waals surface area contributed by atoms with E-state index < -0.39 is 0 Å². The van der Waals surface area contributed by atoms with Crippen molar-refractivity contribution in [2.75, 3.05) is 0 Å². The summed E-state index contributed by atoms with van der Waals surface area (Å²) in [5, 5.41) is 7.22. The standard InChI is InChI=1S/C11H14N4/c1-9(8-14-15-11(12)13)7-10-5-3-2-4-6-10/h2-8H,1H3,(H4,12,13,15)/b9-7+,14-8-. The smallest absolute Gasteiger partial charge is 0.211 e. The van der Waals surface area contributed by atoms with E-state index in [0.29, 0.717) is 0 Å². The number of benzene rings is 1. The molecule has 4 heteroatoms. The summed E-state index contributed by atoms with van der Waals surface area (Å²) in [4.78, 5) is 0. The molecule has 0 saturated heterocycles. The highest BCUT2D eigenvalue weighted by molar-refractivity contribution is 5.85. The number of hydrogen-bond donors (Lipinski definition) is 2. The summed E-state index contributed by atoms with van der Waals surface area (Å²) in [6.45, 7) is 1.93. The molecule has 1 aromatic rings. The van der Waals surface area contributed by atoms with Crippen LogP contribution in [0.3, 0.4) is 0 Å². The molecular formula is C11H14N4. The summed E-state index contributed by atoms with van der Waals surface area (Å²) in [6, 6.07) is 9.95. The van der Waals surface area contributed by atoms with Gasteiger partial charge in [0, 0.05) is 0 Å². The maximum atomic E-state index is 5.13. The van der Waals surface area contributed by atoms with Crippen LogP contribution in [0.25, 0.3) is 6.08 Å². The van der Waals surface area contributed by atoms with Crippen molar-refractivity contribution in [1.29, 1.82) is 0 Å². The maximum Gasteiger partial charge on any atom is 0.211 e. The molecule has 0 fully saturated rings. The molecule has 0 aliphatic carbocycles. The largest absolute Gasteiger partial charge is 0.369 e. The van der Waals surface area contributed by atoms with E-state index in [1.807, 2.05) is 43.3 Å². The van der Waals surface area contributed by atoms with Crippen LogP contribution in [-0.4, -0.2) is 12.2 Å². The van der Waals surface area contributed by atoms with E-state index in [4.69, 9.17) is 11.5 Å². The zero-order chi connectivity index (χ0) is 11.1. The van der Waals surface area contributed by atoms with E-state index in [1.165, 1.54) is 0 Å². The Morgan fingerprint density at radius 1 is 1.20 bits per heavy atom. The van der Waals surface area contributed by atoms with Crippen molar-refractivity contribution in [2.24, 2.45) is 21.7 Å². The van der Waals surface area contributed by atoms with Gasteiger partial charge >= 0.3 is 0 Å². The van der Waals surface area contributed by atoms with Gasteiger partial charge in [-0.15, -0.1) is 5.10 Å². The molecule has 1 rings (SSSR count). The molecule has 0 aromatic heterocycles. The second-order valence-corrected chi connectivity index (χ2v) is 3.07. The van der Waals surface area contributed by atoms with Gasteiger partial charge in [0.15, 0.2) is 0 Å². The van der Waals surface area contributed by atoms with E-state index in [-0.39, 0.29) is 5.96 Å². The lowest BCUT2D eigenvalue weighted by Gasteiger charge is -1.93. The molecule has 0 unspecified atom stereocenters. The molecule has 1 aromatic carbocycles. The zero-order valence-corrected chi connectivity index (χ0v) is 8.59. The molecule has 4 N–H and O–H groups in total. The lowest BCUT2D eigenvalue weighted by molar-refractivity contribution is 1.21. The van der Waals surface area contributed by atoms with Gasteiger partial charge in [-0.25, -0.2) is 0 Å². The highest BCUT2D eigenvalue weighted by atomic mass is 15.3. The third-order valence-corrected chi connectivity index (χ3v) is 1.63. The fraction of sp³-hybridized carbons (Fsp3) is 0.0909. The van der Waals surface area contributed by atoms with Crippen LogP contribution in [0.1, 0.15) is 12.5 Å². The van der Waals surface area contributed by atoms with Gasteiger partial charge in [0.2, 0.25) is 5.96 Å². The molecule has 0 aliphatic heterocycles. The van der Waals surface area contributed by atoms with E-state index in [9.17, 15) is 0 Å². The first-order valence-electron chi connectivity index (χ1n) is 4.54. The van der Waals surface area contributed by atoms with Crippen LogP contribution in [0, 0.1) is 0 Å². The predicted octanol–water partition coefficient (Wildman–Crippen LogP) is 1.35. The second-order valence-electron chi connectivity index (χ2n) is 3.07. The second kappa shape index (κ2) is 5.59. The Labute approximate surface area is 89.0 Å². The van der Waals surface area contributed by atoms with Gasteiger partial charge in [-0.05, 0) is 18.1 Å². The SMILES string of the molecule is CC(/C=N\N=C(N)N)=C\c1ccccc1. The van der Waals surface area contributed by atoms with Gasteiger partial charge < -0.3 is 11.5 Å². The van der Waals surface area contributed by atoms with Crippen molar-refractivity contribution in [1.82, 2.24) is 0 Å². The molecule has 0 bridgehead atoms. The monoisotopic (exact) mass is 202 g/mol. The van der Waals surface area contributed by atoms with Crippen LogP contribution in [0.2, 0.25) is 0 Å². The summed E-state index contributed by atoms with van der Waals surface area (Å²) in [6.07, 6.45) is 3.60. The minimum absolute atomic E-state index is 0.0428. The Morgan fingerprint density at radius 2 is 1.87 bits per heavy atom. The van der Waals surface area contributed by atoms with Gasteiger partial charge in [-0.3, -0.25) is 0 Å². The molecule has 4 nitrogen and oxygen atoms in total. The third kappa shape index (κ3) is 4.61. The first-order chi connectivity index (χ1) is 7.18. The number of allylic oxidation sites excluding steroid dienone is 1. The summed E-state index contributed by atoms with van der Waals surface area (Å²) < 4.78 is 0. The van der Waals surface area contributed by atoms with E-state index >= 15 is 0 Å². The Hall–Kier alpha value is -2.10. The van der Waals surface area contributed by atoms with Gasteiger partial charge in [0.1, 0.15) is 0 Å². The maximum absolute atomic E-state index is 5.13. The fourth-order valence-electron chi connectivity index (χ4n) is 1.04. The van der Waals surface area contributed by atoms with Crippen LogP contribution in [-0.2, 0) is 0 Å². The van der Waals surface area contributed by atoms with Crippen LogP contribution >= 0.6 is 0 Å². The molecule has 0 spiro atoms. The first kappa shape index (κ1) is 11.0. The number of rotatable bonds is 3. The van der Waals surface area contributed by atoms with E-state index in [2.05, 4.69) is 10.2 Å². The van der Waals surface area contributed by atoms with Crippen LogP contribution in [0.15, 0.2) is 46.1 Å². The van der Waals surface area contributed by atoms with Crippen LogP contribution in [0.5, 0.6) is 0 Å². The molecule has 78 valence electrons. The minimum Gasteiger partial charge on any atom is -0.369 e. The highest BCUT2D eigenvalue weighted by Crippen LogP contribution is 2.04. The van der Waals surface area contributed by atoms with Crippen LogP contribution in [0.4, 0.5) is 0 Å². The van der Waals surface area contributed by atoms with Crippen molar-refractivity contribution in [3.05, 3.63) is 41.5 Å². The van der Waals surface area contributed by atoms with E-state index in [0.717, 1.165) is 11.1 Å². The Bertz CT molecular complexity index is 386. The first-order valence-corrected chi connectivity index (χ1v) is 4.54. The highest BCUT2D eigenvalue weighted by Gasteiger charge is 1.86. The average Bonchev–Trinajstić information content (AvgIpc) is 2.18. The van der Waals surface area contributed by atoms with Gasteiger partial charge in [0.25, 0.3) is 0 Å². The number of nitrogens with zero attached hydrogens (tertiary/aromatic N) is 2. The zero-order valence-electron chi connectivity index (χ0n) is 8.59. The van der Waals surface area contributed by atoms with Crippen molar-refractivity contribution in [2.45, 2.75) is 6.92 Å². The Balaban J connectivity index is 2.69. The number of hydrogen-bond acceptors (Lipinski definition) is 2. The van der Waals surface area contributed by atoms with Gasteiger partial charge in [-0.1, -0.05) is 36.4 Å². The molecule has 0 atom stereocenters. The lowest BCUT2D eigenvalue weighted by atomic mass is 10.1. The quantitative estimate of drug-likeness (QED) is 0.441. The normalized spacial score (nSPS) is 11.7. The topological polar surface area (TPSA) is 76.8 Å². The molecule has 15 heavy (non-hydrogen) atoms. The third-order valence-electron chi connectivity index (χ3n) is 1.63. The van der Waals surface area contributed by atoms with Crippen molar-refractivity contribution in [3.63, 3.8) is 0 Å². The number of nitrogens with two attached hydrogens (primary N) is 2. The lowest BCUT2D eigenvalue weighted by Crippen LogP contribution is -2.21. The Kier molecular flexibility index (Phi) is 4.09. The Morgan fingerprint density at radius 3 is 2.47 bits per heavy atom. The summed E-state index contributed by atoms with van der Waals surface area (Å²) in [5.41, 5.74) is 12.3. The molecular weight excluding hydrogens is 188 g/mol. The predicted molar refractivity (Wildman–Crippen MR) is 64.4 cm³/mol. The van der Waals surface area contributed by atoms with Crippen molar-refractivity contribution >= 4 is 18.3 Å². The molecule has 0 aliphatic rings. The van der Waals surface area contributed by atoms with Crippen molar-refractivity contribution < 1.29 is 0 Å². The molecule has 0 heterocycles. The van der Waals surface area contributed by atoms with E-state index in [1.54, 1.807) is 6.21 Å². The summed E-state index contributed by atoms with van der Waals surface area (Å²) in [7, 11) is 0. The van der Waals surface area contributed by atoms with Crippen molar-refractivity contribution in [3.8, 4) is 0 Å². The molecule has 0 saturated carbocycles. The number of guanidine groups is 1. The summed E-state index contributed by atoms with van der Waals surface area (Å²) >= 11 is 0. The van der Waals surface area contributed by atoms with Gasteiger partial charge in [0.05, 0.1) is 6.21 Å². The van der Waals surface area contributed by atoms with Gasteiger partial charge in [-0.2, -0.15) is 5.10 Å². The summed E-state index contributed by atoms with van der Waals surface area (Å²) in [5.74, 6) is -0.0428. The average molecular weight is 202 g/mol. The minimum atomic E-state index is -0.0428.